The normalized spacial score (nSPS) is 24.7. The molecule has 1 unspecified atom stereocenters. The maximum Gasteiger partial charge on any atom is 0.0692 e. The molecule has 2 N–H and O–H groups in total. The second-order valence-electron chi connectivity index (χ2n) is 4.69. The van der Waals surface area contributed by atoms with Gasteiger partial charge in [-0.25, -0.2) is 0 Å². The SMILES string of the molecule is OC(CNCCCC1CC1)C1CC1. The lowest BCUT2D eigenvalue weighted by Crippen LogP contribution is -2.28. The molecule has 0 aromatic heterocycles. The Balaban J connectivity index is 1.39. The van der Waals surface area contributed by atoms with Gasteiger partial charge in [-0.1, -0.05) is 12.8 Å². The molecule has 0 aliphatic heterocycles. The van der Waals surface area contributed by atoms with Crippen molar-refractivity contribution < 1.29 is 5.11 Å². The molecule has 76 valence electrons. The van der Waals surface area contributed by atoms with E-state index in [1.54, 1.807) is 0 Å². The van der Waals surface area contributed by atoms with E-state index < -0.39 is 0 Å². The molecule has 0 aromatic carbocycles. The van der Waals surface area contributed by atoms with Gasteiger partial charge in [0.25, 0.3) is 0 Å². The van der Waals surface area contributed by atoms with Crippen LogP contribution >= 0.6 is 0 Å². The highest BCUT2D eigenvalue weighted by atomic mass is 16.3. The first kappa shape index (κ1) is 9.47. The molecule has 2 nitrogen and oxygen atoms in total. The molecule has 2 saturated carbocycles. The molecule has 2 rings (SSSR count). The molecule has 0 heterocycles. The van der Waals surface area contributed by atoms with Crippen molar-refractivity contribution in [2.75, 3.05) is 13.1 Å². The summed E-state index contributed by atoms with van der Waals surface area (Å²) < 4.78 is 0. The van der Waals surface area contributed by atoms with Gasteiger partial charge in [-0.05, 0) is 44.1 Å². The molecule has 2 aliphatic rings. The van der Waals surface area contributed by atoms with Gasteiger partial charge in [-0.2, -0.15) is 0 Å². The van der Waals surface area contributed by atoms with E-state index in [0.29, 0.717) is 5.92 Å². The van der Waals surface area contributed by atoms with Gasteiger partial charge < -0.3 is 10.4 Å². The minimum Gasteiger partial charge on any atom is -0.392 e. The lowest BCUT2D eigenvalue weighted by atomic mass is 10.2. The van der Waals surface area contributed by atoms with Crippen LogP contribution in [0.25, 0.3) is 0 Å². The summed E-state index contributed by atoms with van der Waals surface area (Å²) in [5.41, 5.74) is 0. The molecular formula is C11H21NO. The molecule has 0 spiro atoms. The van der Waals surface area contributed by atoms with Crippen molar-refractivity contribution in [2.24, 2.45) is 11.8 Å². The van der Waals surface area contributed by atoms with Gasteiger partial charge >= 0.3 is 0 Å². The Morgan fingerprint density at radius 2 is 2.00 bits per heavy atom. The lowest BCUT2D eigenvalue weighted by Gasteiger charge is -2.09. The van der Waals surface area contributed by atoms with Crippen LogP contribution in [-0.4, -0.2) is 24.3 Å². The Morgan fingerprint density at radius 3 is 2.62 bits per heavy atom. The first-order chi connectivity index (χ1) is 6.36. The van der Waals surface area contributed by atoms with Crippen LogP contribution in [-0.2, 0) is 0 Å². The summed E-state index contributed by atoms with van der Waals surface area (Å²) in [4.78, 5) is 0. The van der Waals surface area contributed by atoms with Crippen molar-refractivity contribution >= 4 is 0 Å². The van der Waals surface area contributed by atoms with Crippen molar-refractivity contribution in [1.29, 1.82) is 0 Å². The maximum atomic E-state index is 9.55. The third-order valence-electron chi connectivity index (χ3n) is 3.18. The van der Waals surface area contributed by atoms with Crippen LogP contribution in [0.5, 0.6) is 0 Å². The molecule has 0 amide bonds. The number of nitrogens with one attached hydrogen (secondary N) is 1. The highest BCUT2D eigenvalue weighted by Gasteiger charge is 2.29. The Kier molecular flexibility index (Phi) is 3.23. The fourth-order valence-electron chi connectivity index (χ4n) is 1.82. The van der Waals surface area contributed by atoms with Crippen LogP contribution in [0.15, 0.2) is 0 Å². The second kappa shape index (κ2) is 4.43. The predicted molar refractivity (Wildman–Crippen MR) is 53.6 cm³/mol. The average Bonchev–Trinajstić information content (AvgIpc) is 2.98. The van der Waals surface area contributed by atoms with Crippen molar-refractivity contribution in [3.63, 3.8) is 0 Å². The van der Waals surface area contributed by atoms with Crippen LogP contribution in [0.1, 0.15) is 38.5 Å². The van der Waals surface area contributed by atoms with Gasteiger partial charge in [0.1, 0.15) is 0 Å². The average molecular weight is 183 g/mol. The van der Waals surface area contributed by atoms with Gasteiger partial charge in [-0.15, -0.1) is 0 Å². The zero-order chi connectivity index (χ0) is 9.10. The molecule has 0 radical (unpaired) electrons. The Morgan fingerprint density at radius 1 is 1.23 bits per heavy atom. The molecule has 2 aliphatic carbocycles. The number of hydrogen-bond donors (Lipinski definition) is 2. The monoisotopic (exact) mass is 183 g/mol. The third-order valence-corrected chi connectivity index (χ3v) is 3.18. The highest BCUT2D eigenvalue weighted by molar-refractivity contribution is 4.82. The summed E-state index contributed by atoms with van der Waals surface area (Å²) >= 11 is 0. The van der Waals surface area contributed by atoms with Gasteiger partial charge in [0.05, 0.1) is 6.10 Å². The smallest absolute Gasteiger partial charge is 0.0692 e. The van der Waals surface area contributed by atoms with E-state index in [2.05, 4.69) is 5.32 Å². The van der Waals surface area contributed by atoms with E-state index in [1.165, 1.54) is 38.5 Å². The topological polar surface area (TPSA) is 32.3 Å². The number of aliphatic hydroxyl groups excluding tert-OH is 1. The van der Waals surface area contributed by atoms with Crippen LogP contribution in [0.2, 0.25) is 0 Å². The number of hydrogen-bond acceptors (Lipinski definition) is 2. The minimum atomic E-state index is -0.0686. The standard InChI is InChI=1S/C11H21NO/c13-11(10-5-6-10)8-12-7-1-2-9-3-4-9/h9-13H,1-8H2. The zero-order valence-electron chi connectivity index (χ0n) is 8.34. The van der Waals surface area contributed by atoms with Gasteiger partial charge in [0.2, 0.25) is 0 Å². The number of rotatable bonds is 7. The fraction of sp³-hybridized carbons (Fsp3) is 1.00. The molecule has 0 bridgehead atoms. The summed E-state index contributed by atoms with van der Waals surface area (Å²) in [6.07, 6.45) is 8.03. The van der Waals surface area contributed by atoms with Crippen LogP contribution in [0, 0.1) is 11.8 Å². The maximum absolute atomic E-state index is 9.55. The van der Waals surface area contributed by atoms with E-state index in [9.17, 15) is 5.11 Å². The zero-order valence-corrected chi connectivity index (χ0v) is 8.34. The molecular weight excluding hydrogens is 162 g/mol. The van der Waals surface area contributed by atoms with E-state index in [4.69, 9.17) is 0 Å². The third kappa shape index (κ3) is 3.65. The molecule has 1 atom stereocenters. The summed E-state index contributed by atoms with van der Waals surface area (Å²) in [5, 5.41) is 12.9. The fourth-order valence-corrected chi connectivity index (χ4v) is 1.82. The minimum absolute atomic E-state index is 0.0686. The van der Waals surface area contributed by atoms with Crippen molar-refractivity contribution in [3.8, 4) is 0 Å². The molecule has 0 saturated heterocycles. The molecule has 2 fully saturated rings. The van der Waals surface area contributed by atoms with E-state index >= 15 is 0 Å². The van der Waals surface area contributed by atoms with E-state index in [1.807, 2.05) is 0 Å². The second-order valence-corrected chi connectivity index (χ2v) is 4.69. The Bertz CT molecular complexity index is 152. The summed E-state index contributed by atoms with van der Waals surface area (Å²) in [6, 6.07) is 0. The summed E-state index contributed by atoms with van der Waals surface area (Å²) in [6.45, 7) is 1.91. The summed E-state index contributed by atoms with van der Waals surface area (Å²) in [5.74, 6) is 1.67. The van der Waals surface area contributed by atoms with E-state index in [-0.39, 0.29) is 6.10 Å². The molecule has 13 heavy (non-hydrogen) atoms. The molecule has 0 aromatic rings. The van der Waals surface area contributed by atoms with Crippen LogP contribution < -0.4 is 5.32 Å². The van der Waals surface area contributed by atoms with Crippen LogP contribution in [0.4, 0.5) is 0 Å². The predicted octanol–water partition coefficient (Wildman–Crippen LogP) is 1.54. The Labute approximate surface area is 80.7 Å². The lowest BCUT2D eigenvalue weighted by molar-refractivity contribution is 0.149. The number of aliphatic hydroxyl groups is 1. The van der Waals surface area contributed by atoms with Crippen molar-refractivity contribution in [3.05, 3.63) is 0 Å². The quantitative estimate of drug-likeness (QED) is 0.587. The highest BCUT2D eigenvalue weighted by Crippen LogP contribution is 2.33. The van der Waals surface area contributed by atoms with Crippen molar-refractivity contribution in [1.82, 2.24) is 5.32 Å². The largest absolute Gasteiger partial charge is 0.392 e. The van der Waals surface area contributed by atoms with Gasteiger partial charge in [0.15, 0.2) is 0 Å². The molecule has 2 heteroatoms. The summed E-state index contributed by atoms with van der Waals surface area (Å²) in [7, 11) is 0. The first-order valence-corrected chi connectivity index (χ1v) is 5.75. The van der Waals surface area contributed by atoms with Gasteiger partial charge in [0, 0.05) is 6.54 Å². The first-order valence-electron chi connectivity index (χ1n) is 5.75. The van der Waals surface area contributed by atoms with Crippen molar-refractivity contribution in [2.45, 2.75) is 44.6 Å². The van der Waals surface area contributed by atoms with Gasteiger partial charge in [-0.3, -0.25) is 0 Å². The van der Waals surface area contributed by atoms with Crippen LogP contribution in [0.3, 0.4) is 0 Å². The Hall–Kier alpha value is -0.0800. The van der Waals surface area contributed by atoms with E-state index in [0.717, 1.165) is 19.0 Å².